The fourth-order valence-electron chi connectivity index (χ4n) is 9.36. The molecule has 15 heteroatoms. The molecule has 3 amide bonds. The van der Waals surface area contributed by atoms with Crippen molar-refractivity contribution in [3.05, 3.63) is 149 Å². The average molecular weight is 865 g/mol. The third kappa shape index (κ3) is 8.42. The number of aromatic nitrogens is 3. The minimum Gasteiger partial charge on any atom is -0.497 e. The summed E-state index contributed by atoms with van der Waals surface area (Å²) < 4.78 is 14.7. The van der Waals surface area contributed by atoms with Gasteiger partial charge < -0.3 is 41.6 Å². The predicted octanol–water partition coefficient (Wildman–Crippen LogP) is 6.34. The van der Waals surface area contributed by atoms with Crippen LogP contribution in [0.25, 0.3) is 0 Å². The molecule has 3 heterocycles. The number of methoxy groups -OCH3 is 1. The number of anilines is 5. The molecule has 324 valence electrons. The number of fused-ring (bicyclic) bond motifs is 2. The summed E-state index contributed by atoms with van der Waals surface area (Å²) in [7, 11) is -0.846. The van der Waals surface area contributed by atoms with Crippen LogP contribution in [0.2, 0.25) is 18.6 Å². The average Bonchev–Trinajstić information content (AvgIpc) is 3.93. The van der Waals surface area contributed by atoms with Crippen LogP contribution in [-0.4, -0.2) is 65.7 Å². The SMILES string of the molecule is COc1ccc([Si](C)(C)[C@@H]2[C@@H](CCn3cc(CCO)nn3)O[C@]3(C(=O)N(Cc4cccc(NC(=O)c5ccc(N)cc5)c4)c4ccc(NC(=O)c5ccc(N)cc5)cc43)[C@H]2C)cc1. The van der Waals surface area contributed by atoms with Gasteiger partial charge >= 0.3 is 0 Å². The Morgan fingerprint density at radius 1 is 0.873 bits per heavy atom. The first kappa shape index (κ1) is 42.9. The van der Waals surface area contributed by atoms with E-state index in [1.165, 1.54) is 5.19 Å². The van der Waals surface area contributed by atoms with Crippen molar-refractivity contribution in [3.8, 4) is 5.75 Å². The number of nitrogens with two attached hydrogens (primary N) is 2. The Kier molecular flexibility index (Phi) is 11.9. The quantitative estimate of drug-likeness (QED) is 0.0608. The third-order valence-corrected chi connectivity index (χ3v) is 16.9. The van der Waals surface area contributed by atoms with E-state index >= 15 is 4.79 Å². The monoisotopic (exact) mass is 864 g/mol. The fraction of sp³-hybridized carbons (Fsp3) is 0.271. The number of nitrogens with one attached hydrogen (secondary N) is 2. The summed E-state index contributed by atoms with van der Waals surface area (Å²) in [6.45, 7) is 7.41. The zero-order valence-electron chi connectivity index (χ0n) is 35.7. The second-order valence-electron chi connectivity index (χ2n) is 16.9. The molecule has 5 aromatic carbocycles. The lowest BCUT2D eigenvalue weighted by Gasteiger charge is -2.37. The smallest absolute Gasteiger partial charge is 0.264 e. The number of hydrogen-bond donors (Lipinski definition) is 5. The molecule has 63 heavy (non-hydrogen) atoms. The topological polar surface area (TPSA) is 200 Å². The number of carbonyl (C=O) groups is 3. The number of ether oxygens (including phenoxy) is 2. The maximum Gasteiger partial charge on any atom is 0.264 e. The summed E-state index contributed by atoms with van der Waals surface area (Å²) >= 11 is 0. The lowest BCUT2D eigenvalue weighted by Crippen LogP contribution is -2.51. The summed E-state index contributed by atoms with van der Waals surface area (Å²) in [4.78, 5) is 44.1. The van der Waals surface area contributed by atoms with E-state index in [0.29, 0.717) is 70.2 Å². The minimum absolute atomic E-state index is 0.0306. The van der Waals surface area contributed by atoms with Crippen molar-refractivity contribution in [2.75, 3.05) is 40.7 Å². The van der Waals surface area contributed by atoms with Gasteiger partial charge in [-0.1, -0.05) is 54.7 Å². The van der Waals surface area contributed by atoms with E-state index in [9.17, 15) is 14.7 Å². The summed E-state index contributed by atoms with van der Waals surface area (Å²) in [6, 6.07) is 34.6. The predicted molar refractivity (Wildman–Crippen MR) is 247 cm³/mol. The van der Waals surface area contributed by atoms with Gasteiger partial charge in [-0.2, -0.15) is 0 Å². The molecule has 14 nitrogen and oxygen atoms in total. The summed E-state index contributed by atoms with van der Waals surface area (Å²) in [5, 5.41) is 25.3. The van der Waals surface area contributed by atoms with Gasteiger partial charge in [-0.15, -0.1) is 5.10 Å². The molecule has 0 radical (unpaired) electrons. The van der Waals surface area contributed by atoms with E-state index in [4.69, 9.17) is 20.9 Å². The van der Waals surface area contributed by atoms with Gasteiger partial charge in [0.15, 0.2) is 5.60 Å². The van der Waals surface area contributed by atoms with Crippen LogP contribution in [0.5, 0.6) is 5.75 Å². The largest absolute Gasteiger partial charge is 0.497 e. The van der Waals surface area contributed by atoms with Gasteiger partial charge in [0.1, 0.15) is 5.75 Å². The Morgan fingerprint density at radius 2 is 1.51 bits per heavy atom. The van der Waals surface area contributed by atoms with Gasteiger partial charge in [0.25, 0.3) is 17.7 Å². The maximum absolute atomic E-state index is 15.6. The molecule has 2 aliphatic heterocycles. The van der Waals surface area contributed by atoms with Gasteiger partial charge in [0.05, 0.1) is 39.2 Å². The minimum atomic E-state index is -2.49. The molecule has 6 aromatic rings. The standard InChI is InChI=1S/C48H52N8O6Si/c1-30-44(63(3,4)40-19-17-39(61-2)18-20-40)43(22-24-55-29-38(23-25-57)53-54-55)62-48(30)41-27-37(52-46(59)33-10-14-35(50)15-11-33)16-21-42(41)56(47(48)60)28-31-6-5-7-36(26-31)51-45(58)32-8-12-34(49)13-9-32/h5-21,26-27,29-30,43-44,57H,22-25,28,49-50H2,1-4H3,(H,51,58)(H,52,59)/t30-,43+,44-,48+/m0/s1. The van der Waals surface area contributed by atoms with Crippen LogP contribution in [0.1, 0.15) is 50.9 Å². The molecule has 2 aliphatic rings. The van der Waals surface area contributed by atoms with E-state index in [-0.39, 0.29) is 48.4 Å². The number of rotatable bonds is 14. The Balaban J connectivity index is 1.18. The zero-order valence-corrected chi connectivity index (χ0v) is 36.7. The van der Waals surface area contributed by atoms with Gasteiger partial charge in [-0.05, 0) is 109 Å². The first-order valence-corrected chi connectivity index (χ1v) is 24.1. The summed E-state index contributed by atoms with van der Waals surface area (Å²) in [6.07, 6.45) is 2.39. The molecule has 0 unspecified atom stereocenters. The number of aliphatic hydroxyl groups excluding tert-OH is 1. The van der Waals surface area contributed by atoms with Crippen molar-refractivity contribution in [1.29, 1.82) is 0 Å². The van der Waals surface area contributed by atoms with Crippen molar-refractivity contribution in [1.82, 2.24) is 15.0 Å². The highest BCUT2D eigenvalue weighted by Crippen LogP contribution is 2.60. The molecule has 0 aliphatic carbocycles. The molecule has 1 aromatic heterocycles. The normalized spacial score (nSPS) is 19.3. The van der Waals surface area contributed by atoms with Crippen molar-refractivity contribution in [2.45, 2.75) is 63.2 Å². The van der Waals surface area contributed by atoms with Crippen LogP contribution >= 0.6 is 0 Å². The fourth-order valence-corrected chi connectivity index (χ4v) is 13.4. The highest BCUT2D eigenvalue weighted by molar-refractivity contribution is 6.91. The van der Waals surface area contributed by atoms with Crippen molar-refractivity contribution in [2.24, 2.45) is 5.92 Å². The molecular weight excluding hydrogens is 813 g/mol. The number of amides is 3. The number of carbonyl (C=O) groups excluding carboxylic acids is 3. The van der Waals surface area contributed by atoms with Gasteiger partial charge in [-0.3, -0.25) is 19.1 Å². The zero-order chi connectivity index (χ0) is 44.5. The van der Waals surface area contributed by atoms with Crippen LogP contribution in [0.15, 0.2) is 121 Å². The number of nitrogen functional groups attached to an aromatic ring is 2. The molecule has 0 bridgehead atoms. The van der Waals surface area contributed by atoms with E-state index in [1.807, 2.05) is 48.7 Å². The number of benzene rings is 5. The van der Waals surface area contributed by atoms with Crippen molar-refractivity contribution >= 4 is 59.4 Å². The van der Waals surface area contributed by atoms with Crippen LogP contribution in [0.4, 0.5) is 28.4 Å². The first-order valence-electron chi connectivity index (χ1n) is 21.0. The van der Waals surface area contributed by atoms with E-state index < -0.39 is 13.7 Å². The van der Waals surface area contributed by atoms with Gasteiger partial charge in [-0.25, -0.2) is 0 Å². The van der Waals surface area contributed by atoms with Gasteiger partial charge in [0, 0.05) is 71.1 Å². The Hall–Kier alpha value is -6.81. The van der Waals surface area contributed by atoms with Crippen LogP contribution in [-0.2, 0) is 34.6 Å². The van der Waals surface area contributed by atoms with E-state index in [2.05, 4.69) is 53.1 Å². The number of nitrogens with zero attached hydrogens (tertiary/aromatic N) is 4. The third-order valence-electron chi connectivity index (χ3n) is 12.6. The van der Waals surface area contributed by atoms with Crippen LogP contribution in [0.3, 0.4) is 0 Å². The Labute approximate surface area is 367 Å². The molecular formula is C48H52N8O6Si. The number of aliphatic hydroxyl groups is 1. The summed E-state index contributed by atoms with van der Waals surface area (Å²) in [5.41, 5.74) is 16.2. The first-order chi connectivity index (χ1) is 30.3. The molecule has 1 saturated heterocycles. The number of aryl methyl sites for hydroxylation is 1. The van der Waals surface area contributed by atoms with Crippen LogP contribution in [0, 0.1) is 5.92 Å². The molecule has 7 N–H and O–H groups in total. The molecule has 8 rings (SSSR count). The molecule has 1 fully saturated rings. The molecule has 1 spiro atoms. The lowest BCUT2D eigenvalue weighted by atomic mass is 9.82. The van der Waals surface area contributed by atoms with Gasteiger partial charge in [0.2, 0.25) is 0 Å². The van der Waals surface area contributed by atoms with E-state index in [0.717, 1.165) is 11.3 Å². The van der Waals surface area contributed by atoms with Crippen LogP contribution < -0.4 is 36.9 Å². The van der Waals surface area contributed by atoms with Crippen molar-refractivity contribution < 1.29 is 29.0 Å². The highest BCUT2D eigenvalue weighted by atomic mass is 28.3. The molecule has 4 atom stereocenters. The Morgan fingerprint density at radius 3 is 2.13 bits per heavy atom. The second-order valence-corrected chi connectivity index (χ2v) is 21.6. The highest BCUT2D eigenvalue weighted by Gasteiger charge is 2.66. The second kappa shape index (κ2) is 17.5. The summed E-state index contributed by atoms with van der Waals surface area (Å²) in [5.74, 6) is -0.375. The number of hydrogen-bond acceptors (Lipinski definition) is 10. The van der Waals surface area contributed by atoms with Crippen molar-refractivity contribution in [3.63, 3.8) is 0 Å². The Bertz CT molecular complexity index is 2640. The molecule has 0 saturated carbocycles. The lowest BCUT2D eigenvalue weighted by molar-refractivity contribution is -0.146. The maximum atomic E-state index is 15.6. The van der Waals surface area contributed by atoms with E-state index in [1.54, 1.807) is 77.4 Å².